The van der Waals surface area contributed by atoms with Gasteiger partial charge in [-0.25, -0.2) is 4.98 Å². The summed E-state index contributed by atoms with van der Waals surface area (Å²) in [6, 6.07) is 4.46. The van der Waals surface area contributed by atoms with Crippen molar-refractivity contribution in [1.29, 1.82) is 0 Å². The van der Waals surface area contributed by atoms with E-state index in [2.05, 4.69) is 14.8 Å². The Morgan fingerprint density at radius 1 is 1.35 bits per heavy atom. The van der Waals surface area contributed by atoms with Crippen molar-refractivity contribution in [3.05, 3.63) is 30.6 Å². The Kier molecular flexibility index (Phi) is 2.72. The van der Waals surface area contributed by atoms with E-state index in [1.165, 1.54) is 35.3 Å². The van der Waals surface area contributed by atoms with Crippen molar-refractivity contribution in [1.82, 2.24) is 14.8 Å². The largest absolute Gasteiger partial charge is 0.384 e. The molecule has 0 atom stereocenters. The third-order valence-electron chi connectivity index (χ3n) is 2.09. The molecule has 0 radical (unpaired) electrons. The molecule has 0 aliphatic rings. The van der Waals surface area contributed by atoms with Crippen LogP contribution >= 0.6 is 0 Å². The highest BCUT2D eigenvalue weighted by atomic mass is 32.2. The van der Waals surface area contributed by atoms with Crippen LogP contribution < -0.4 is 10.5 Å². The molecular weight excluding hydrogens is 242 g/mol. The Morgan fingerprint density at radius 2 is 2.12 bits per heavy atom. The smallest absolute Gasteiger partial charge is 0.279 e. The average Bonchev–Trinajstić information content (AvgIpc) is 2.68. The van der Waals surface area contributed by atoms with Gasteiger partial charge in [-0.05, 0) is 18.2 Å². The zero-order chi connectivity index (χ0) is 12.5. The van der Waals surface area contributed by atoms with E-state index in [9.17, 15) is 8.42 Å². The molecule has 0 aliphatic heterocycles. The molecule has 7 nitrogen and oxygen atoms in total. The highest BCUT2D eigenvalue weighted by Crippen LogP contribution is 2.14. The molecule has 0 spiro atoms. The molecule has 8 heteroatoms. The summed E-state index contributed by atoms with van der Waals surface area (Å²) < 4.78 is 27.5. The van der Waals surface area contributed by atoms with Crippen molar-refractivity contribution >= 4 is 21.5 Å². The zero-order valence-corrected chi connectivity index (χ0v) is 9.85. The fourth-order valence-electron chi connectivity index (χ4n) is 1.30. The molecule has 0 saturated heterocycles. The van der Waals surface area contributed by atoms with Crippen LogP contribution in [0.25, 0.3) is 0 Å². The lowest BCUT2D eigenvalue weighted by Gasteiger charge is -2.07. The van der Waals surface area contributed by atoms with Crippen molar-refractivity contribution in [3.8, 4) is 0 Å². The van der Waals surface area contributed by atoms with Gasteiger partial charge in [-0.15, -0.1) is 0 Å². The zero-order valence-electron chi connectivity index (χ0n) is 9.03. The fraction of sp³-hybridized carbons (Fsp3) is 0.111. The van der Waals surface area contributed by atoms with Crippen LogP contribution in [-0.2, 0) is 17.1 Å². The number of aromatic nitrogens is 3. The van der Waals surface area contributed by atoms with E-state index in [4.69, 9.17) is 5.73 Å². The molecule has 17 heavy (non-hydrogen) atoms. The summed E-state index contributed by atoms with van der Waals surface area (Å²) in [5.41, 5.74) is 5.75. The Labute approximate surface area is 98.3 Å². The highest BCUT2D eigenvalue weighted by molar-refractivity contribution is 7.92. The first-order valence-electron chi connectivity index (χ1n) is 4.71. The lowest BCUT2D eigenvalue weighted by molar-refractivity contribution is 0.582. The second kappa shape index (κ2) is 4.06. The van der Waals surface area contributed by atoms with Crippen molar-refractivity contribution in [2.24, 2.45) is 7.05 Å². The number of sulfonamides is 1. The van der Waals surface area contributed by atoms with Crippen LogP contribution in [0.3, 0.4) is 0 Å². The first-order valence-corrected chi connectivity index (χ1v) is 6.20. The highest BCUT2D eigenvalue weighted by Gasteiger charge is 2.17. The summed E-state index contributed by atoms with van der Waals surface area (Å²) in [6.45, 7) is 0. The Bertz CT molecular complexity index is 617. The van der Waals surface area contributed by atoms with Crippen molar-refractivity contribution in [3.63, 3.8) is 0 Å². The maximum Gasteiger partial charge on any atom is 0.279 e. The molecule has 2 aromatic heterocycles. The summed E-state index contributed by atoms with van der Waals surface area (Å²) in [4.78, 5) is 3.80. The number of pyridine rings is 1. The lowest BCUT2D eigenvalue weighted by atomic mass is 10.4. The van der Waals surface area contributed by atoms with Crippen LogP contribution in [-0.4, -0.2) is 23.2 Å². The molecule has 0 amide bonds. The van der Waals surface area contributed by atoms with Crippen LogP contribution in [0.1, 0.15) is 0 Å². The summed E-state index contributed by atoms with van der Waals surface area (Å²) in [7, 11) is -2.09. The minimum atomic E-state index is -3.64. The summed E-state index contributed by atoms with van der Waals surface area (Å²) in [5.74, 6) is 0.327. The molecule has 2 aromatic rings. The van der Waals surface area contributed by atoms with Crippen LogP contribution in [0.15, 0.2) is 35.6 Å². The van der Waals surface area contributed by atoms with E-state index in [1.54, 1.807) is 7.05 Å². The SMILES string of the molecule is Cn1nccc1S(=O)(=O)Nc1ccc(N)nc1. The van der Waals surface area contributed by atoms with Crippen LogP contribution in [0.4, 0.5) is 11.5 Å². The second-order valence-electron chi connectivity index (χ2n) is 3.37. The first-order chi connectivity index (χ1) is 7.99. The Morgan fingerprint density at radius 3 is 2.65 bits per heavy atom. The molecule has 90 valence electrons. The molecule has 0 unspecified atom stereocenters. The van der Waals surface area contributed by atoms with E-state index in [1.807, 2.05) is 0 Å². The van der Waals surface area contributed by atoms with Gasteiger partial charge in [0, 0.05) is 7.05 Å². The minimum absolute atomic E-state index is 0.0781. The van der Waals surface area contributed by atoms with E-state index in [0.717, 1.165) is 0 Å². The van der Waals surface area contributed by atoms with Crippen LogP contribution in [0.5, 0.6) is 0 Å². The van der Waals surface area contributed by atoms with Crippen LogP contribution in [0, 0.1) is 0 Å². The normalized spacial score (nSPS) is 11.4. The predicted octanol–water partition coefficient (Wildman–Crippen LogP) is 0.198. The number of nitrogens with zero attached hydrogens (tertiary/aromatic N) is 3. The number of hydrogen-bond acceptors (Lipinski definition) is 5. The Hall–Kier alpha value is -2.09. The molecule has 2 heterocycles. The number of nitrogens with two attached hydrogens (primary N) is 1. The molecule has 0 aliphatic carbocycles. The summed E-state index contributed by atoms with van der Waals surface area (Å²) in [6.07, 6.45) is 2.76. The number of hydrogen-bond donors (Lipinski definition) is 2. The second-order valence-corrected chi connectivity index (χ2v) is 5.00. The molecule has 0 saturated carbocycles. The van der Waals surface area contributed by atoms with Gasteiger partial charge in [0.05, 0.1) is 18.1 Å². The number of nitrogens with one attached hydrogen (secondary N) is 1. The van der Waals surface area contributed by atoms with Gasteiger partial charge < -0.3 is 5.73 Å². The van der Waals surface area contributed by atoms with Gasteiger partial charge in [0.15, 0.2) is 5.03 Å². The Balaban J connectivity index is 2.30. The van der Waals surface area contributed by atoms with Gasteiger partial charge in [0.1, 0.15) is 5.82 Å². The predicted molar refractivity (Wildman–Crippen MR) is 62.7 cm³/mol. The molecule has 2 rings (SSSR count). The van der Waals surface area contributed by atoms with Gasteiger partial charge in [-0.2, -0.15) is 13.5 Å². The van der Waals surface area contributed by atoms with Gasteiger partial charge in [0.2, 0.25) is 0 Å². The molecule has 0 bridgehead atoms. The van der Waals surface area contributed by atoms with Crippen molar-refractivity contribution in [2.75, 3.05) is 10.5 Å². The van der Waals surface area contributed by atoms with Crippen molar-refractivity contribution < 1.29 is 8.42 Å². The third kappa shape index (κ3) is 2.36. The summed E-state index contributed by atoms with van der Waals surface area (Å²) in [5, 5.41) is 3.88. The van der Waals surface area contributed by atoms with Gasteiger partial charge in [-0.3, -0.25) is 9.40 Å². The maximum absolute atomic E-state index is 11.9. The third-order valence-corrected chi connectivity index (χ3v) is 3.55. The summed E-state index contributed by atoms with van der Waals surface area (Å²) >= 11 is 0. The molecule has 0 fully saturated rings. The fourth-order valence-corrected chi connectivity index (χ4v) is 2.47. The van der Waals surface area contributed by atoms with E-state index in [0.29, 0.717) is 11.5 Å². The molecule has 3 N–H and O–H groups in total. The number of nitrogen functional groups attached to an aromatic ring is 1. The van der Waals surface area contributed by atoms with Gasteiger partial charge >= 0.3 is 0 Å². The van der Waals surface area contributed by atoms with Crippen LogP contribution in [0.2, 0.25) is 0 Å². The average molecular weight is 253 g/mol. The maximum atomic E-state index is 11.9. The lowest BCUT2D eigenvalue weighted by Crippen LogP contribution is -2.16. The van der Waals surface area contributed by atoms with Gasteiger partial charge in [0.25, 0.3) is 10.0 Å². The van der Waals surface area contributed by atoms with Gasteiger partial charge in [-0.1, -0.05) is 0 Å². The minimum Gasteiger partial charge on any atom is -0.384 e. The van der Waals surface area contributed by atoms with E-state index in [-0.39, 0.29) is 5.03 Å². The number of anilines is 2. The molecule has 0 aromatic carbocycles. The molecular formula is C9H11N5O2S. The quantitative estimate of drug-likeness (QED) is 0.813. The monoisotopic (exact) mass is 253 g/mol. The first kappa shape index (κ1) is 11.4. The number of rotatable bonds is 3. The number of aryl methyl sites for hydroxylation is 1. The topological polar surface area (TPSA) is 103 Å². The van der Waals surface area contributed by atoms with E-state index >= 15 is 0 Å². The van der Waals surface area contributed by atoms with Crippen molar-refractivity contribution in [2.45, 2.75) is 5.03 Å². The van der Waals surface area contributed by atoms with E-state index < -0.39 is 10.0 Å². The standard InChI is InChI=1S/C9H11N5O2S/c1-14-9(4-5-12-14)17(15,16)13-7-2-3-8(10)11-6-7/h2-6,13H,1H3,(H2,10,11).